The van der Waals surface area contributed by atoms with Crippen LogP contribution >= 0.6 is 12.2 Å². The van der Waals surface area contributed by atoms with Crippen LogP contribution in [0.5, 0.6) is 11.5 Å². The molecule has 2 heterocycles. The first kappa shape index (κ1) is 20.1. The van der Waals surface area contributed by atoms with E-state index in [-0.39, 0.29) is 12.7 Å². The molecule has 3 aromatic carbocycles. The lowest BCUT2D eigenvalue weighted by atomic mass is 9.92. The first-order chi connectivity index (χ1) is 15.6. The molecule has 0 spiro atoms. The Morgan fingerprint density at radius 3 is 2.53 bits per heavy atom. The summed E-state index contributed by atoms with van der Waals surface area (Å²) in [6.45, 7) is 2.19. The van der Waals surface area contributed by atoms with Crippen molar-refractivity contribution in [2.75, 3.05) is 12.1 Å². The summed E-state index contributed by atoms with van der Waals surface area (Å²) in [5.74, 6) is 1.11. The maximum Gasteiger partial charge on any atom is 0.256 e. The van der Waals surface area contributed by atoms with E-state index < -0.39 is 6.04 Å². The third-order valence-electron chi connectivity index (χ3n) is 5.42. The number of rotatable bonds is 4. The fourth-order valence-electron chi connectivity index (χ4n) is 3.82. The summed E-state index contributed by atoms with van der Waals surface area (Å²) in [6.07, 6.45) is 0. The second-order valence-electron chi connectivity index (χ2n) is 7.62. The molecule has 1 atom stereocenters. The summed E-state index contributed by atoms with van der Waals surface area (Å²) in [5.41, 5.74) is 4.76. The molecule has 3 N–H and O–H groups in total. The number of anilines is 1. The minimum atomic E-state index is -0.473. The Morgan fingerprint density at radius 2 is 1.75 bits per heavy atom. The zero-order chi connectivity index (χ0) is 22.1. The highest BCUT2D eigenvalue weighted by Gasteiger charge is 2.33. The Labute approximate surface area is 191 Å². The highest BCUT2D eigenvalue weighted by molar-refractivity contribution is 7.80. The summed E-state index contributed by atoms with van der Waals surface area (Å²) < 4.78 is 11.0. The second kappa shape index (κ2) is 8.36. The molecule has 0 bridgehead atoms. The van der Waals surface area contributed by atoms with Gasteiger partial charge in [0.2, 0.25) is 6.79 Å². The molecule has 2 aliphatic rings. The quantitative estimate of drug-likeness (QED) is 0.523. The van der Waals surface area contributed by atoms with E-state index in [0.29, 0.717) is 27.9 Å². The lowest BCUT2D eigenvalue weighted by molar-refractivity contribution is -0.113. The number of benzene rings is 3. The van der Waals surface area contributed by atoms with E-state index >= 15 is 0 Å². The highest BCUT2D eigenvalue weighted by Crippen LogP contribution is 2.38. The first-order valence-electron chi connectivity index (χ1n) is 10.2. The van der Waals surface area contributed by atoms with Gasteiger partial charge in [-0.2, -0.15) is 0 Å². The Bertz CT molecular complexity index is 1220. The number of carbonyl (C=O) groups excluding carboxylic acids is 1. The van der Waals surface area contributed by atoms with Crippen LogP contribution in [0.2, 0.25) is 0 Å². The van der Waals surface area contributed by atoms with Gasteiger partial charge in [0, 0.05) is 5.69 Å². The Balaban J connectivity index is 1.61. The summed E-state index contributed by atoms with van der Waals surface area (Å²) in [7, 11) is 0. The van der Waals surface area contributed by atoms with Crippen LogP contribution in [0.15, 0.2) is 78.4 Å². The first-order valence-corrected chi connectivity index (χ1v) is 10.6. The van der Waals surface area contributed by atoms with Crippen molar-refractivity contribution in [3.05, 3.63) is 95.1 Å². The van der Waals surface area contributed by atoms with Crippen LogP contribution in [0.1, 0.15) is 22.7 Å². The lowest BCUT2D eigenvalue weighted by Gasteiger charge is -2.32. The second-order valence-corrected chi connectivity index (χ2v) is 8.03. The number of ether oxygens (including phenoxy) is 2. The van der Waals surface area contributed by atoms with Gasteiger partial charge >= 0.3 is 0 Å². The van der Waals surface area contributed by atoms with E-state index in [1.807, 2.05) is 79.7 Å². The van der Waals surface area contributed by atoms with Crippen molar-refractivity contribution in [1.29, 1.82) is 0 Å². The molecule has 3 aromatic rings. The summed E-state index contributed by atoms with van der Waals surface area (Å²) in [4.78, 5) is 13.6. The van der Waals surface area contributed by atoms with Gasteiger partial charge in [-0.1, -0.05) is 54.1 Å². The average molecular weight is 444 g/mol. The number of nitrogens with one attached hydrogen (secondary N) is 3. The van der Waals surface area contributed by atoms with Crippen LogP contribution in [0.25, 0.3) is 5.70 Å². The smallest absolute Gasteiger partial charge is 0.256 e. The summed E-state index contributed by atoms with van der Waals surface area (Å²) >= 11 is 5.50. The van der Waals surface area contributed by atoms with Crippen LogP contribution < -0.4 is 25.4 Å². The number of amides is 1. The minimum absolute atomic E-state index is 0.183. The molecule has 32 heavy (non-hydrogen) atoms. The number of aryl methyl sites for hydroxylation is 1. The van der Waals surface area contributed by atoms with E-state index in [9.17, 15) is 4.79 Å². The van der Waals surface area contributed by atoms with Crippen LogP contribution in [0, 0.1) is 6.92 Å². The molecule has 6 nitrogen and oxygen atoms in total. The van der Waals surface area contributed by atoms with Gasteiger partial charge in [0.05, 0.1) is 17.3 Å². The molecule has 0 radical (unpaired) electrons. The average Bonchev–Trinajstić information content (AvgIpc) is 3.28. The van der Waals surface area contributed by atoms with E-state index in [0.717, 1.165) is 22.4 Å². The highest BCUT2D eigenvalue weighted by atomic mass is 32.1. The molecule has 0 unspecified atom stereocenters. The number of hydrogen-bond acceptors (Lipinski definition) is 4. The van der Waals surface area contributed by atoms with Crippen LogP contribution in [0.4, 0.5) is 5.69 Å². The molecular formula is C25H21N3O3S. The molecule has 1 amide bonds. The summed E-state index contributed by atoms with van der Waals surface area (Å²) in [5, 5.41) is 9.92. The number of carbonyl (C=O) groups is 1. The molecule has 5 rings (SSSR count). The molecule has 0 saturated heterocycles. The topological polar surface area (TPSA) is 71.6 Å². The van der Waals surface area contributed by atoms with Gasteiger partial charge in [0.15, 0.2) is 16.6 Å². The Morgan fingerprint density at radius 1 is 1.00 bits per heavy atom. The standard InChI is InChI=1S/C25H21N3O3S/c1-15-7-10-18(11-8-15)26-24(29)21-22(16-5-3-2-4-6-16)27-25(32)28-23(21)17-9-12-19-20(13-17)31-14-30-19/h2-13,23H,14H2,1H3,(H,26,29)(H2,27,28,32)/t23-/m0/s1. The van der Waals surface area contributed by atoms with Gasteiger partial charge in [0.1, 0.15) is 0 Å². The maximum atomic E-state index is 13.6. The van der Waals surface area contributed by atoms with Crippen molar-refractivity contribution in [3.63, 3.8) is 0 Å². The van der Waals surface area contributed by atoms with Crippen molar-refractivity contribution in [3.8, 4) is 11.5 Å². The molecule has 0 fully saturated rings. The van der Waals surface area contributed by atoms with Gasteiger partial charge in [0.25, 0.3) is 5.91 Å². The van der Waals surface area contributed by atoms with Crippen molar-refractivity contribution in [2.24, 2.45) is 0 Å². The largest absolute Gasteiger partial charge is 0.454 e. The fraction of sp³-hybridized carbons (Fsp3) is 0.120. The SMILES string of the molecule is Cc1ccc(NC(=O)C2=C(c3ccccc3)NC(=S)N[C@H]2c2ccc3c(c2)OCO3)cc1. The van der Waals surface area contributed by atoms with E-state index in [4.69, 9.17) is 21.7 Å². The predicted octanol–water partition coefficient (Wildman–Crippen LogP) is 4.29. The predicted molar refractivity (Wildman–Crippen MR) is 127 cm³/mol. The molecule has 0 aromatic heterocycles. The molecule has 0 saturated carbocycles. The molecule has 2 aliphatic heterocycles. The Hall–Kier alpha value is -3.84. The monoisotopic (exact) mass is 443 g/mol. The van der Waals surface area contributed by atoms with Crippen molar-refractivity contribution in [2.45, 2.75) is 13.0 Å². The lowest BCUT2D eigenvalue weighted by Crippen LogP contribution is -2.45. The number of fused-ring (bicyclic) bond motifs is 1. The van der Waals surface area contributed by atoms with Gasteiger partial charge in [-0.05, 0) is 54.5 Å². The van der Waals surface area contributed by atoms with Crippen LogP contribution in [-0.4, -0.2) is 17.8 Å². The minimum Gasteiger partial charge on any atom is -0.454 e. The number of thiocarbonyl (C=S) groups is 1. The third-order valence-corrected chi connectivity index (χ3v) is 5.64. The zero-order valence-electron chi connectivity index (χ0n) is 17.3. The maximum absolute atomic E-state index is 13.6. The van der Waals surface area contributed by atoms with Crippen LogP contribution in [0.3, 0.4) is 0 Å². The van der Waals surface area contributed by atoms with E-state index in [1.165, 1.54) is 0 Å². The number of hydrogen-bond donors (Lipinski definition) is 3. The fourth-order valence-corrected chi connectivity index (χ4v) is 4.04. The van der Waals surface area contributed by atoms with Gasteiger partial charge in [-0.15, -0.1) is 0 Å². The third kappa shape index (κ3) is 3.90. The zero-order valence-corrected chi connectivity index (χ0v) is 18.2. The van der Waals surface area contributed by atoms with Crippen molar-refractivity contribution in [1.82, 2.24) is 10.6 Å². The molecule has 7 heteroatoms. The molecular weight excluding hydrogens is 422 g/mol. The Kier molecular flexibility index (Phi) is 5.25. The van der Waals surface area contributed by atoms with Crippen LogP contribution in [-0.2, 0) is 4.79 Å². The van der Waals surface area contributed by atoms with Crippen molar-refractivity contribution < 1.29 is 14.3 Å². The normalized spacial score (nSPS) is 16.9. The van der Waals surface area contributed by atoms with Crippen molar-refractivity contribution >= 4 is 34.6 Å². The van der Waals surface area contributed by atoms with E-state index in [1.54, 1.807) is 0 Å². The van der Waals surface area contributed by atoms with Gasteiger partial charge in [-0.25, -0.2) is 0 Å². The van der Waals surface area contributed by atoms with Gasteiger partial charge in [-0.3, -0.25) is 4.79 Å². The molecule has 0 aliphatic carbocycles. The van der Waals surface area contributed by atoms with Gasteiger partial charge < -0.3 is 25.4 Å². The summed E-state index contributed by atoms with van der Waals surface area (Å²) in [6, 6.07) is 22.6. The van der Waals surface area contributed by atoms with E-state index in [2.05, 4.69) is 16.0 Å². The molecule has 160 valence electrons.